The van der Waals surface area contributed by atoms with Gasteiger partial charge in [0, 0.05) is 13.0 Å². The molecule has 0 radical (unpaired) electrons. The number of alkyl carbamates (subject to hydrolysis) is 1. The monoisotopic (exact) mass is 262 g/mol. The van der Waals surface area contributed by atoms with Crippen molar-refractivity contribution in [2.45, 2.75) is 20.0 Å². The number of amides is 1. The van der Waals surface area contributed by atoms with Gasteiger partial charge >= 0.3 is 6.09 Å². The first-order valence-electron chi connectivity index (χ1n) is 6.09. The first kappa shape index (κ1) is 14.9. The third kappa shape index (κ3) is 6.35. The Balaban J connectivity index is 2.21. The van der Waals surface area contributed by atoms with Crippen LogP contribution in [0.4, 0.5) is 4.79 Å². The molecule has 0 heterocycles. The van der Waals surface area contributed by atoms with Gasteiger partial charge in [-0.3, -0.25) is 4.79 Å². The van der Waals surface area contributed by atoms with E-state index in [1.807, 2.05) is 37.3 Å². The van der Waals surface area contributed by atoms with Gasteiger partial charge in [0.05, 0.1) is 6.21 Å². The Kier molecular flexibility index (Phi) is 6.29. The SMILES string of the molecule is CC(CNC(=O)OCc1ccccc1)CC(=O)C=N. The Hall–Kier alpha value is -2.17. The topological polar surface area (TPSA) is 79.2 Å². The number of carbonyl (C=O) groups is 2. The van der Waals surface area contributed by atoms with Crippen LogP contribution in [0.15, 0.2) is 30.3 Å². The number of benzene rings is 1. The summed E-state index contributed by atoms with van der Waals surface area (Å²) in [5.41, 5.74) is 0.921. The van der Waals surface area contributed by atoms with Crippen LogP contribution in [0.2, 0.25) is 0 Å². The van der Waals surface area contributed by atoms with Crippen molar-refractivity contribution in [3.63, 3.8) is 0 Å². The minimum atomic E-state index is -0.502. The highest BCUT2D eigenvalue weighted by atomic mass is 16.5. The Morgan fingerprint density at radius 3 is 2.68 bits per heavy atom. The van der Waals surface area contributed by atoms with Gasteiger partial charge in [-0.2, -0.15) is 0 Å². The molecule has 5 heteroatoms. The molecule has 5 nitrogen and oxygen atoms in total. The van der Waals surface area contributed by atoms with Crippen LogP contribution < -0.4 is 5.32 Å². The van der Waals surface area contributed by atoms with Crippen molar-refractivity contribution in [2.75, 3.05) is 6.54 Å². The average molecular weight is 262 g/mol. The molecule has 1 unspecified atom stereocenters. The normalized spacial score (nSPS) is 11.4. The predicted molar refractivity (Wildman–Crippen MR) is 72.2 cm³/mol. The molecule has 0 aromatic heterocycles. The fourth-order valence-electron chi connectivity index (χ4n) is 1.51. The van der Waals surface area contributed by atoms with E-state index >= 15 is 0 Å². The molecular weight excluding hydrogens is 244 g/mol. The zero-order valence-electron chi connectivity index (χ0n) is 10.9. The maximum absolute atomic E-state index is 11.4. The molecule has 0 saturated heterocycles. The summed E-state index contributed by atoms with van der Waals surface area (Å²) in [6, 6.07) is 9.40. The Morgan fingerprint density at radius 1 is 1.37 bits per heavy atom. The summed E-state index contributed by atoms with van der Waals surface area (Å²) in [5, 5.41) is 9.39. The number of hydrogen-bond acceptors (Lipinski definition) is 4. The number of Topliss-reactive ketones (excluding diaryl/α,β-unsaturated/α-hetero) is 1. The second-order valence-electron chi connectivity index (χ2n) is 4.36. The van der Waals surface area contributed by atoms with E-state index in [0.29, 0.717) is 6.54 Å². The third-order valence-electron chi connectivity index (χ3n) is 2.52. The van der Waals surface area contributed by atoms with Crippen molar-refractivity contribution in [3.05, 3.63) is 35.9 Å². The molecule has 2 N–H and O–H groups in total. The highest BCUT2D eigenvalue weighted by Gasteiger charge is 2.09. The lowest BCUT2D eigenvalue weighted by molar-refractivity contribution is -0.113. The van der Waals surface area contributed by atoms with Gasteiger partial charge in [0.2, 0.25) is 0 Å². The van der Waals surface area contributed by atoms with Crippen LogP contribution in [0.25, 0.3) is 0 Å². The molecule has 1 amide bonds. The Labute approximate surface area is 112 Å². The van der Waals surface area contributed by atoms with E-state index in [9.17, 15) is 9.59 Å². The fourth-order valence-corrected chi connectivity index (χ4v) is 1.51. The van der Waals surface area contributed by atoms with Crippen molar-refractivity contribution in [1.29, 1.82) is 5.41 Å². The van der Waals surface area contributed by atoms with Gasteiger partial charge < -0.3 is 15.5 Å². The molecule has 0 spiro atoms. The first-order valence-corrected chi connectivity index (χ1v) is 6.09. The Morgan fingerprint density at radius 2 is 2.05 bits per heavy atom. The van der Waals surface area contributed by atoms with Crippen molar-refractivity contribution in [3.8, 4) is 0 Å². The van der Waals surface area contributed by atoms with E-state index in [1.165, 1.54) is 0 Å². The number of rotatable bonds is 7. The maximum atomic E-state index is 11.4. The van der Waals surface area contributed by atoms with Gasteiger partial charge in [0.15, 0.2) is 5.78 Å². The van der Waals surface area contributed by atoms with E-state index in [0.717, 1.165) is 11.8 Å². The third-order valence-corrected chi connectivity index (χ3v) is 2.52. The van der Waals surface area contributed by atoms with Gasteiger partial charge in [0.1, 0.15) is 6.61 Å². The van der Waals surface area contributed by atoms with Crippen LogP contribution in [0, 0.1) is 11.3 Å². The van der Waals surface area contributed by atoms with Crippen molar-refractivity contribution < 1.29 is 14.3 Å². The minimum absolute atomic E-state index is 0.0154. The first-order chi connectivity index (χ1) is 9.11. The molecule has 0 aliphatic rings. The number of carbonyl (C=O) groups excluding carboxylic acids is 2. The molecular formula is C14H18N2O3. The van der Waals surface area contributed by atoms with Gasteiger partial charge in [0.25, 0.3) is 0 Å². The van der Waals surface area contributed by atoms with E-state index in [-0.39, 0.29) is 24.7 Å². The van der Waals surface area contributed by atoms with Crippen LogP contribution in [-0.2, 0) is 16.1 Å². The van der Waals surface area contributed by atoms with Crippen LogP contribution >= 0.6 is 0 Å². The second-order valence-corrected chi connectivity index (χ2v) is 4.36. The van der Waals surface area contributed by atoms with Gasteiger partial charge in [-0.25, -0.2) is 4.79 Å². The molecule has 1 rings (SSSR count). The molecule has 19 heavy (non-hydrogen) atoms. The van der Waals surface area contributed by atoms with Gasteiger partial charge in [-0.1, -0.05) is 37.3 Å². The lowest BCUT2D eigenvalue weighted by atomic mass is 10.1. The summed E-state index contributed by atoms with van der Waals surface area (Å²) in [7, 11) is 0. The minimum Gasteiger partial charge on any atom is -0.445 e. The molecule has 0 saturated carbocycles. The zero-order valence-corrected chi connectivity index (χ0v) is 10.9. The van der Waals surface area contributed by atoms with Crippen molar-refractivity contribution in [2.24, 2.45) is 5.92 Å². The number of ketones is 1. The van der Waals surface area contributed by atoms with Crippen molar-refractivity contribution >= 4 is 18.1 Å². The highest BCUT2D eigenvalue weighted by Crippen LogP contribution is 2.02. The highest BCUT2D eigenvalue weighted by molar-refractivity contribution is 6.26. The number of ether oxygens (including phenoxy) is 1. The summed E-state index contributed by atoms with van der Waals surface area (Å²) in [6.07, 6.45) is 0.546. The molecule has 0 bridgehead atoms. The number of nitrogens with one attached hydrogen (secondary N) is 2. The largest absolute Gasteiger partial charge is 0.445 e. The van der Waals surface area contributed by atoms with Crippen LogP contribution in [0.1, 0.15) is 18.9 Å². The Bertz CT molecular complexity index is 432. The number of hydrogen-bond donors (Lipinski definition) is 2. The summed E-state index contributed by atoms with van der Waals surface area (Å²) in [4.78, 5) is 22.4. The smallest absolute Gasteiger partial charge is 0.407 e. The summed E-state index contributed by atoms with van der Waals surface area (Å²) in [5.74, 6) is -0.259. The molecule has 1 aromatic rings. The summed E-state index contributed by atoms with van der Waals surface area (Å²) >= 11 is 0. The van der Waals surface area contributed by atoms with E-state index < -0.39 is 6.09 Å². The quantitative estimate of drug-likeness (QED) is 0.739. The molecule has 0 fully saturated rings. The van der Waals surface area contributed by atoms with E-state index in [1.54, 1.807) is 0 Å². The van der Waals surface area contributed by atoms with Crippen LogP contribution in [-0.4, -0.2) is 24.6 Å². The molecule has 102 valence electrons. The zero-order chi connectivity index (χ0) is 14.1. The van der Waals surface area contributed by atoms with Crippen LogP contribution in [0.3, 0.4) is 0 Å². The molecule has 1 atom stereocenters. The standard InChI is InChI=1S/C14H18N2O3/c1-11(7-13(17)8-15)9-16-14(18)19-10-12-5-3-2-4-6-12/h2-6,8,11,15H,7,9-10H2,1H3,(H,16,18). The summed E-state index contributed by atoms with van der Waals surface area (Å²) in [6.45, 7) is 2.41. The maximum Gasteiger partial charge on any atom is 0.407 e. The predicted octanol–water partition coefficient (Wildman–Crippen LogP) is 2.16. The second kappa shape index (κ2) is 8.02. The molecule has 0 aliphatic carbocycles. The van der Waals surface area contributed by atoms with Gasteiger partial charge in [-0.15, -0.1) is 0 Å². The van der Waals surface area contributed by atoms with E-state index in [4.69, 9.17) is 10.1 Å². The summed E-state index contributed by atoms with van der Waals surface area (Å²) < 4.78 is 5.03. The van der Waals surface area contributed by atoms with E-state index in [2.05, 4.69) is 5.32 Å². The fraction of sp³-hybridized carbons (Fsp3) is 0.357. The molecule has 0 aliphatic heterocycles. The van der Waals surface area contributed by atoms with Gasteiger partial charge in [-0.05, 0) is 11.5 Å². The average Bonchev–Trinajstić information content (AvgIpc) is 2.43. The van der Waals surface area contributed by atoms with Crippen molar-refractivity contribution in [1.82, 2.24) is 5.32 Å². The lowest BCUT2D eigenvalue weighted by Crippen LogP contribution is -2.29. The lowest BCUT2D eigenvalue weighted by Gasteiger charge is -2.11. The van der Waals surface area contributed by atoms with Crippen LogP contribution in [0.5, 0.6) is 0 Å². The molecule has 1 aromatic carbocycles.